The van der Waals surface area contributed by atoms with Crippen LogP contribution in [-0.4, -0.2) is 70.1 Å². The predicted octanol–water partition coefficient (Wildman–Crippen LogP) is 9.14. The molecule has 2 atom stereocenters. The molecule has 29 heteroatoms. The van der Waals surface area contributed by atoms with Crippen molar-refractivity contribution in [1.82, 2.24) is 0 Å². The van der Waals surface area contributed by atoms with Gasteiger partial charge in [-0.1, -0.05) is 0 Å². The van der Waals surface area contributed by atoms with E-state index in [9.17, 15) is 119 Å². The molecule has 282 valence electrons. The zero-order valence-corrected chi connectivity index (χ0v) is 20.8. The van der Waals surface area contributed by atoms with Crippen LogP contribution >= 0.6 is 0 Å². The first-order valence-corrected chi connectivity index (χ1v) is 10.5. The lowest BCUT2D eigenvalue weighted by atomic mass is 9.85. The third-order valence-corrected chi connectivity index (χ3v) is 5.93. The zero-order chi connectivity index (χ0) is 39.4. The maximum atomic E-state index is 14.6. The fraction of sp³-hybridized carbons (Fsp3) is 0.684. The maximum Gasteiger partial charge on any atom is 0.460 e. The van der Waals surface area contributed by atoms with Gasteiger partial charge < -0.3 is 10.2 Å². The molecule has 0 aliphatic heterocycles. The number of hydrogen-bond donors (Lipinski definition) is 2. The molecule has 0 fully saturated rings. The van der Waals surface area contributed by atoms with E-state index in [0.717, 1.165) is 0 Å². The number of halogens is 27. The Morgan fingerprint density at radius 2 is 0.479 bits per heavy atom. The van der Waals surface area contributed by atoms with Crippen LogP contribution in [0.25, 0.3) is 0 Å². The van der Waals surface area contributed by atoms with Crippen LogP contribution in [0, 0.1) is 0 Å². The molecule has 0 aromatic heterocycles. The van der Waals surface area contributed by atoms with Gasteiger partial charge in [-0.25, -0.2) is 0 Å². The summed E-state index contributed by atoms with van der Waals surface area (Å²) in [5, 5.41) is 17.0. The molecule has 0 heterocycles. The summed E-state index contributed by atoms with van der Waals surface area (Å²) in [6.07, 6.45) is -23.2. The summed E-state index contributed by atoms with van der Waals surface area (Å²) >= 11 is 0. The smallest absolute Gasteiger partial charge is 0.350 e. The van der Waals surface area contributed by atoms with Crippen LogP contribution < -0.4 is 0 Å². The molecule has 0 aliphatic rings. The van der Waals surface area contributed by atoms with Crippen molar-refractivity contribution in [3.63, 3.8) is 0 Å². The Morgan fingerprint density at radius 1 is 0.271 bits per heavy atom. The third kappa shape index (κ3) is 5.62. The van der Waals surface area contributed by atoms with Crippen LogP contribution in [0.15, 0.2) is 18.2 Å². The van der Waals surface area contributed by atoms with Gasteiger partial charge in [-0.3, -0.25) is 0 Å². The van der Waals surface area contributed by atoms with Crippen molar-refractivity contribution >= 4 is 0 Å². The number of alkyl halides is 27. The molecule has 1 aromatic carbocycles. The van der Waals surface area contributed by atoms with Crippen molar-refractivity contribution in [2.75, 3.05) is 0 Å². The van der Waals surface area contributed by atoms with Crippen LogP contribution in [0.4, 0.5) is 119 Å². The molecule has 1 rings (SSSR count). The van der Waals surface area contributed by atoms with Gasteiger partial charge in [0.1, 0.15) is 0 Å². The van der Waals surface area contributed by atoms with Gasteiger partial charge in [0.15, 0.2) is 0 Å². The fourth-order valence-electron chi connectivity index (χ4n) is 3.06. The quantitative estimate of drug-likeness (QED) is 0.233. The van der Waals surface area contributed by atoms with Crippen LogP contribution in [0.1, 0.15) is 16.7 Å². The molecule has 2 N–H and O–H groups in total. The lowest BCUT2D eigenvalue weighted by Crippen LogP contribution is -2.72. The highest BCUT2D eigenvalue weighted by Crippen LogP contribution is 2.64. The minimum atomic E-state index is -9.15. The topological polar surface area (TPSA) is 40.5 Å². The van der Waals surface area contributed by atoms with Gasteiger partial charge in [0.25, 0.3) is 0 Å². The molecular formula is C19H5F27O2. The standard InChI is InChI=1S/C19H5F27O2/c20-7(21,10(26,27)11(28,29)12(30,31)13(32,33)14(34,35)17(38,39)40)4-1-5(8(22,23)15(36,47)18(41,42)43)3-6(2-4)9(24,25)16(37,48)19(44,45)46/h1-3,47-48H. The Labute approximate surface area is 242 Å². The molecule has 0 saturated heterocycles. The van der Waals surface area contributed by atoms with E-state index in [1.165, 1.54) is 0 Å². The fourth-order valence-corrected chi connectivity index (χ4v) is 3.06. The first-order chi connectivity index (χ1) is 20.3. The van der Waals surface area contributed by atoms with Crippen molar-refractivity contribution in [3.8, 4) is 0 Å². The van der Waals surface area contributed by atoms with E-state index < -0.39 is 113 Å². The van der Waals surface area contributed by atoms with E-state index in [-0.39, 0.29) is 0 Å². The highest BCUT2D eigenvalue weighted by Gasteiger charge is 2.93. The number of rotatable bonds is 10. The van der Waals surface area contributed by atoms with Gasteiger partial charge >= 0.3 is 77.6 Å². The molecule has 0 aliphatic carbocycles. The summed E-state index contributed by atoms with van der Waals surface area (Å²) in [6, 6.07) is -6.27. The van der Waals surface area contributed by atoms with Crippen LogP contribution in [0.5, 0.6) is 0 Å². The molecule has 48 heavy (non-hydrogen) atoms. The van der Waals surface area contributed by atoms with Crippen molar-refractivity contribution in [3.05, 3.63) is 34.9 Å². The van der Waals surface area contributed by atoms with Gasteiger partial charge in [0.2, 0.25) is 0 Å². The first-order valence-electron chi connectivity index (χ1n) is 10.5. The molecule has 2 unspecified atom stereocenters. The molecule has 0 amide bonds. The Hall–Kier alpha value is -2.75. The third-order valence-electron chi connectivity index (χ3n) is 5.93. The van der Waals surface area contributed by atoms with Crippen molar-refractivity contribution in [2.45, 2.75) is 77.6 Å². The average Bonchev–Trinajstić information content (AvgIpc) is 2.85. The van der Waals surface area contributed by atoms with Gasteiger partial charge in [-0.2, -0.15) is 119 Å². The lowest BCUT2D eigenvalue weighted by Gasteiger charge is -2.41. The molecule has 1 aromatic rings. The molecule has 0 radical (unpaired) electrons. The van der Waals surface area contributed by atoms with E-state index in [0.29, 0.717) is 0 Å². The van der Waals surface area contributed by atoms with Crippen LogP contribution in [-0.2, 0) is 17.8 Å². The Balaban J connectivity index is 4.38. The van der Waals surface area contributed by atoms with Gasteiger partial charge in [-0.05, 0) is 18.2 Å². The van der Waals surface area contributed by atoms with Crippen molar-refractivity contribution < 1.29 is 129 Å². The predicted molar refractivity (Wildman–Crippen MR) is 93.1 cm³/mol. The summed E-state index contributed by atoms with van der Waals surface area (Å²) in [5.41, 5.74) is -12.3. The largest absolute Gasteiger partial charge is 0.460 e. The molecule has 2 nitrogen and oxygen atoms in total. The van der Waals surface area contributed by atoms with E-state index in [1.807, 2.05) is 0 Å². The van der Waals surface area contributed by atoms with Gasteiger partial charge in [-0.15, -0.1) is 0 Å². The minimum Gasteiger partial charge on any atom is -0.350 e. The second-order valence-electron chi connectivity index (χ2n) is 9.13. The van der Waals surface area contributed by atoms with Crippen LogP contribution in [0.2, 0.25) is 0 Å². The summed E-state index contributed by atoms with van der Waals surface area (Å²) in [7, 11) is 0. The molecule has 0 saturated carbocycles. The second-order valence-corrected chi connectivity index (χ2v) is 9.13. The van der Waals surface area contributed by atoms with E-state index >= 15 is 0 Å². The monoisotopic (exact) mass is 778 g/mol. The summed E-state index contributed by atoms with van der Waals surface area (Å²) < 4.78 is 362. The highest BCUT2D eigenvalue weighted by atomic mass is 19.4. The maximum absolute atomic E-state index is 14.6. The van der Waals surface area contributed by atoms with Crippen molar-refractivity contribution in [1.29, 1.82) is 0 Å². The van der Waals surface area contributed by atoms with Crippen molar-refractivity contribution in [2.24, 2.45) is 0 Å². The second kappa shape index (κ2) is 10.9. The van der Waals surface area contributed by atoms with E-state index in [2.05, 4.69) is 0 Å². The van der Waals surface area contributed by atoms with E-state index in [1.54, 1.807) is 0 Å². The normalized spacial score (nSPS) is 18.4. The van der Waals surface area contributed by atoms with E-state index in [4.69, 9.17) is 10.2 Å². The number of benzene rings is 1. The van der Waals surface area contributed by atoms with Crippen LogP contribution in [0.3, 0.4) is 0 Å². The molecule has 0 spiro atoms. The van der Waals surface area contributed by atoms with Gasteiger partial charge in [0, 0.05) is 16.7 Å². The Morgan fingerprint density at radius 3 is 0.708 bits per heavy atom. The highest BCUT2D eigenvalue weighted by molar-refractivity contribution is 5.41. The summed E-state index contributed by atoms with van der Waals surface area (Å²) in [6.45, 7) is 0. The summed E-state index contributed by atoms with van der Waals surface area (Å²) in [5.74, 6) is -82.4. The average molecular weight is 778 g/mol. The minimum absolute atomic E-state index is 1.95. The SMILES string of the molecule is OC(F)(C(F)(F)F)C(F)(F)c1cc(C(F)(F)C(O)(F)C(F)(F)F)cc(C(F)(F)C(F)(F)C(F)(F)C(F)(F)C(F)(F)C(F)(F)C(F)(F)F)c1. The lowest BCUT2D eigenvalue weighted by molar-refractivity contribution is -0.453. The Bertz CT molecular complexity index is 1290. The summed E-state index contributed by atoms with van der Waals surface area (Å²) in [4.78, 5) is 0. The number of aliphatic hydroxyl groups is 2. The Kier molecular flexibility index (Phi) is 9.80. The number of hydrogen-bond acceptors (Lipinski definition) is 2. The molecular weight excluding hydrogens is 773 g/mol. The zero-order valence-electron chi connectivity index (χ0n) is 20.8. The molecule has 0 bridgehead atoms. The first kappa shape index (κ1) is 43.3. The van der Waals surface area contributed by atoms with Gasteiger partial charge in [0.05, 0.1) is 0 Å².